The van der Waals surface area contributed by atoms with Crippen LogP contribution >= 0.6 is 0 Å². The summed E-state index contributed by atoms with van der Waals surface area (Å²) in [5.41, 5.74) is 1.45. The van der Waals surface area contributed by atoms with Gasteiger partial charge in [-0.15, -0.1) is 0 Å². The maximum Gasteiger partial charge on any atom is 0.389 e. The van der Waals surface area contributed by atoms with Gasteiger partial charge >= 0.3 is 6.18 Å². The first-order chi connectivity index (χ1) is 8.01. The van der Waals surface area contributed by atoms with Crippen LogP contribution in [0.3, 0.4) is 0 Å². The van der Waals surface area contributed by atoms with E-state index < -0.39 is 12.6 Å². The molecule has 0 unspecified atom stereocenters. The fourth-order valence-electron chi connectivity index (χ4n) is 1.40. The minimum Gasteiger partial charge on any atom is -0.313 e. The van der Waals surface area contributed by atoms with Gasteiger partial charge in [0, 0.05) is 13.0 Å². The molecular weight excluding hydrogens is 229 g/mol. The van der Waals surface area contributed by atoms with Crippen molar-refractivity contribution in [3.63, 3.8) is 0 Å². The lowest BCUT2D eigenvalue weighted by molar-refractivity contribution is -0.135. The van der Waals surface area contributed by atoms with Gasteiger partial charge in [-0.05, 0) is 30.7 Å². The number of nitriles is 1. The molecule has 0 radical (unpaired) electrons. The Morgan fingerprint density at radius 2 is 2.06 bits per heavy atom. The largest absolute Gasteiger partial charge is 0.389 e. The van der Waals surface area contributed by atoms with Crippen molar-refractivity contribution in [1.29, 1.82) is 5.26 Å². The number of nitrogens with one attached hydrogen (secondary N) is 1. The highest BCUT2D eigenvalue weighted by atomic mass is 19.4. The second-order valence-electron chi connectivity index (χ2n) is 3.71. The molecule has 0 aliphatic carbocycles. The Bertz CT molecular complexity index is 393. The van der Waals surface area contributed by atoms with E-state index in [9.17, 15) is 13.2 Å². The Morgan fingerprint density at radius 1 is 1.29 bits per heavy atom. The Balaban J connectivity index is 2.25. The van der Waals surface area contributed by atoms with E-state index in [2.05, 4.69) is 5.32 Å². The van der Waals surface area contributed by atoms with Crippen molar-refractivity contribution in [2.24, 2.45) is 0 Å². The summed E-state index contributed by atoms with van der Waals surface area (Å²) in [7, 11) is 0. The van der Waals surface area contributed by atoms with Crippen molar-refractivity contribution >= 4 is 0 Å². The fourth-order valence-corrected chi connectivity index (χ4v) is 1.40. The van der Waals surface area contributed by atoms with Crippen LogP contribution < -0.4 is 5.32 Å². The molecular formula is C12H13F3N2. The third-order valence-electron chi connectivity index (χ3n) is 2.20. The molecule has 0 spiro atoms. The minimum atomic E-state index is -4.08. The number of hydrogen-bond donors (Lipinski definition) is 1. The van der Waals surface area contributed by atoms with Gasteiger partial charge < -0.3 is 5.32 Å². The van der Waals surface area contributed by atoms with Crippen LogP contribution in [0.4, 0.5) is 13.2 Å². The van der Waals surface area contributed by atoms with Crippen LogP contribution in [0.1, 0.15) is 24.0 Å². The molecule has 1 aromatic carbocycles. The first-order valence-corrected chi connectivity index (χ1v) is 5.28. The predicted molar refractivity (Wildman–Crippen MR) is 58.2 cm³/mol. The monoisotopic (exact) mass is 242 g/mol. The molecule has 0 aliphatic rings. The molecule has 92 valence electrons. The number of halogens is 3. The van der Waals surface area contributed by atoms with Crippen LogP contribution in [-0.4, -0.2) is 12.7 Å². The Kier molecular flexibility index (Phi) is 4.98. The first kappa shape index (κ1) is 13.5. The molecule has 1 rings (SSSR count). The normalized spacial score (nSPS) is 11.2. The summed E-state index contributed by atoms with van der Waals surface area (Å²) < 4.78 is 35.5. The van der Waals surface area contributed by atoms with Gasteiger partial charge in [-0.25, -0.2) is 0 Å². The Labute approximate surface area is 98.1 Å². The molecule has 0 fully saturated rings. The summed E-state index contributed by atoms with van der Waals surface area (Å²) in [5.74, 6) is 0. The van der Waals surface area contributed by atoms with Crippen molar-refractivity contribution in [2.75, 3.05) is 6.54 Å². The van der Waals surface area contributed by atoms with E-state index in [1.54, 1.807) is 18.2 Å². The van der Waals surface area contributed by atoms with E-state index in [1.807, 2.05) is 12.1 Å². The zero-order valence-corrected chi connectivity index (χ0v) is 9.22. The molecule has 0 atom stereocenters. The molecule has 2 nitrogen and oxygen atoms in total. The maximum atomic E-state index is 11.8. The van der Waals surface area contributed by atoms with E-state index in [4.69, 9.17) is 5.26 Å². The predicted octanol–water partition coefficient (Wildman–Crippen LogP) is 2.99. The Morgan fingerprint density at radius 3 is 2.71 bits per heavy atom. The van der Waals surface area contributed by atoms with Gasteiger partial charge in [0.05, 0.1) is 11.6 Å². The van der Waals surface area contributed by atoms with Crippen molar-refractivity contribution in [3.05, 3.63) is 35.4 Å². The van der Waals surface area contributed by atoms with Gasteiger partial charge in [0.2, 0.25) is 0 Å². The van der Waals surface area contributed by atoms with E-state index in [0.717, 1.165) is 5.56 Å². The molecule has 1 aromatic rings. The average molecular weight is 242 g/mol. The highest BCUT2D eigenvalue weighted by Crippen LogP contribution is 2.20. The van der Waals surface area contributed by atoms with Crippen LogP contribution in [0.15, 0.2) is 24.3 Å². The number of nitrogens with zero attached hydrogens (tertiary/aromatic N) is 1. The third-order valence-corrected chi connectivity index (χ3v) is 2.20. The molecule has 1 N–H and O–H groups in total. The lowest BCUT2D eigenvalue weighted by atomic mass is 10.1. The Hall–Kier alpha value is -1.54. The summed E-state index contributed by atoms with van der Waals surface area (Å²) in [6, 6.07) is 9.01. The van der Waals surface area contributed by atoms with Crippen LogP contribution in [0.25, 0.3) is 0 Å². The second-order valence-corrected chi connectivity index (χ2v) is 3.71. The maximum absolute atomic E-state index is 11.8. The van der Waals surface area contributed by atoms with Crippen LogP contribution in [0.2, 0.25) is 0 Å². The summed E-state index contributed by atoms with van der Waals surface area (Å²) in [5, 5.41) is 11.6. The van der Waals surface area contributed by atoms with Gasteiger partial charge in [0.25, 0.3) is 0 Å². The summed E-state index contributed by atoms with van der Waals surface area (Å²) in [6.07, 6.45) is -4.78. The molecule has 0 amide bonds. The number of benzene rings is 1. The van der Waals surface area contributed by atoms with Crippen LogP contribution in [0.5, 0.6) is 0 Å². The first-order valence-electron chi connectivity index (χ1n) is 5.28. The summed E-state index contributed by atoms with van der Waals surface area (Å²) in [6.45, 7) is 0.795. The van der Waals surface area contributed by atoms with Crippen LogP contribution in [0, 0.1) is 11.3 Å². The standard InChI is InChI=1S/C12H13F3N2/c13-12(14,15)5-2-6-17-9-11-4-1-3-10(7-11)8-16/h1,3-4,7,17H,2,5-6,9H2. The zero-order valence-electron chi connectivity index (χ0n) is 9.22. The van der Waals surface area contributed by atoms with Gasteiger partial charge in [-0.2, -0.15) is 18.4 Å². The van der Waals surface area contributed by atoms with E-state index in [-0.39, 0.29) is 6.42 Å². The molecule has 17 heavy (non-hydrogen) atoms. The van der Waals surface area contributed by atoms with Crippen molar-refractivity contribution in [1.82, 2.24) is 5.32 Å². The van der Waals surface area contributed by atoms with Crippen molar-refractivity contribution < 1.29 is 13.2 Å². The smallest absolute Gasteiger partial charge is 0.313 e. The van der Waals surface area contributed by atoms with E-state index in [0.29, 0.717) is 18.7 Å². The lowest BCUT2D eigenvalue weighted by Crippen LogP contribution is -2.17. The number of hydrogen-bond acceptors (Lipinski definition) is 2. The zero-order chi connectivity index (χ0) is 12.7. The van der Waals surface area contributed by atoms with Gasteiger partial charge in [0.1, 0.15) is 0 Å². The molecule has 0 bridgehead atoms. The highest BCUT2D eigenvalue weighted by Gasteiger charge is 2.25. The van der Waals surface area contributed by atoms with E-state index >= 15 is 0 Å². The SMILES string of the molecule is N#Cc1cccc(CNCCCC(F)(F)F)c1. The summed E-state index contributed by atoms with van der Waals surface area (Å²) in [4.78, 5) is 0. The topological polar surface area (TPSA) is 35.8 Å². The highest BCUT2D eigenvalue weighted by molar-refractivity contribution is 5.32. The second kappa shape index (κ2) is 6.26. The van der Waals surface area contributed by atoms with Crippen molar-refractivity contribution in [2.45, 2.75) is 25.6 Å². The third kappa shape index (κ3) is 5.93. The fraction of sp³-hybridized carbons (Fsp3) is 0.417. The van der Waals surface area contributed by atoms with E-state index in [1.165, 1.54) is 0 Å². The van der Waals surface area contributed by atoms with Gasteiger partial charge in [0.15, 0.2) is 0 Å². The number of alkyl halides is 3. The lowest BCUT2D eigenvalue weighted by Gasteiger charge is -2.07. The molecule has 0 heterocycles. The summed E-state index contributed by atoms with van der Waals surface area (Å²) >= 11 is 0. The molecule has 0 aliphatic heterocycles. The number of rotatable bonds is 5. The molecule has 0 aromatic heterocycles. The molecule has 0 saturated heterocycles. The quantitative estimate of drug-likeness (QED) is 0.806. The van der Waals surface area contributed by atoms with Crippen molar-refractivity contribution in [3.8, 4) is 6.07 Å². The van der Waals surface area contributed by atoms with Crippen LogP contribution in [-0.2, 0) is 6.54 Å². The average Bonchev–Trinajstić information content (AvgIpc) is 2.27. The molecule has 5 heteroatoms. The minimum absolute atomic E-state index is 0.0709. The van der Waals surface area contributed by atoms with Gasteiger partial charge in [-0.3, -0.25) is 0 Å². The van der Waals surface area contributed by atoms with Gasteiger partial charge in [-0.1, -0.05) is 12.1 Å². The molecule has 0 saturated carbocycles.